The lowest BCUT2D eigenvalue weighted by molar-refractivity contribution is 0.0694. The summed E-state index contributed by atoms with van der Waals surface area (Å²) in [5.41, 5.74) is 3.89. The van der Waals surface area contributed by atoms with E-state index in [1.807, 2.05) is 32.9 Å². The van der Waals surface area contributed by atoms with Crippen molar-refractivity contribution in [3.8, 4) is 11.4 Å². The summed E-state index contributed by atoms with van der Waals surface area (Å²) in [5, 5.41) is 9.19. The molecule has 0 aliphatic carbocycles. The number of carboxylic acids is 1. The molecule has 0 amide bonds. The van der Waals surface area contributed by atoms with Gasteiger partial charge in [0.25, 0.3) is 0 Å². The molecular weight excluding hydrogens is 332 g/mol. The molecule has 1 heterocycles. The molecule has 0 bridgehead atoms. The molecule has 0 aliphatic rings. The van der Waals surface area contributed by atoms with Crippen molar-refractivity contribution in [3.63, 3.8) is 0 Å². The van der Waals surface area contributed by atoms with Gasteiger partial charge in [-0.25, -0.2) is 14.8 Å². The van der Waals surface area contributed by atoms with E-state index in [-0.39, 0.29) is 5.56 Å². The van der Waals surface area contributed by atoms with Crippen LogP contribution in [0.25, 0.3) is 11.4 Å². The maximum Gasteiger partial charge on any atom is 0.339 e. The van der Waals surface area contributed by atoms with Crippen LogP contribution in [0.1, 0.15) is 40.5 Å². The Kier molecular flexibility index (Phi) is 4.73. The Morgan fingerprint density at radius 1 is 1.29 bits per heavy atom. The fourth-order valence-corrected chi connectivity index (χ4v) is 2.47. The van der Waals surface area contributed by atoms with Crippen LogP contribution in [0.2, 0.25) is 0 Å². The van der Waals surface area contributed by atoms with E-state index in [0.717, 1.165) is 27.6 Å². The minimum absolute atomic E-state index is 0.186. The molecule has 0 unspecified atom stereocenters. The smallest absolute Gasteiger partial charge is 0.339 e. The standard InChI is InChI=1S/C16H17BrN2O2/c1-4-5-13-12(16(20)21)8-18-15(19-13)11-6-9(2)14(17)10(3)7-11/h6-8H,4-5H2,1-3H3,(H,20,21). The topological polar surface area (TPSA) is 63.1 Å². The maximum absolute atomic E-state index is 11.2. The summed E-state index contributed by atoms with van der Waals surface area (Å²) < 4.78 is 1.07. The fourth-order valence-electron chi connectivity index (χ4n) is 2.24. The number of nitrogens with zero attached hydrogens (tertiary/aromatic N) is 2. The highest BCUT2D eigenvalue weighted by Gasteiger charge is 2.14. The van der Waals surface area contributed by atoms with Crippen molar-refractivity contribution in [2.24, 2.45) is 0 Å². The summed E-state index contributed by atoms with van der Waals surface area (Å²) in [6.45, 7) is 6.03. The predicted molar refractivity (Wildman–Crippen MR) is 85.6 cm³/mol. The molecule has 110 valence electrons. The summed E-state index contributed by atoms with van der Waals surface area (Å²) >= 11 is 3.54. The first kappa shape index (κ1) is 15.6. The van der Waals surface area contributed by atoms with Crippen LogP contribution in [0.15, 0.2) is 22.8 Å². The summed E-state index contributed by atoms with van der Waals surface area (Å²) in [5.74, 6) is -0.407. The normalized spacial score (nSPS) is 10.7. The van der Waals surface area contributed by atoms with Crippen LogP contribution in [0, 0.1) is 13.8 Å². The van der Waals surface area contributed by atoms with E-state index in [9.17, 15) is 9.90 Å². The first-order chi connectivity index (χ1) is 9.93. The van der Waals surface area contributed by atoms with Gasteiger partial charge in [0, 0.05) is 16.2 Å². The Bertz CT molecular complexity index is 676. The lowest BCUT2D eigenvalue weighted by Gasteiger charge is -2.09. The predicted octanol–water partition coefficient (Wildman–Crippen LogP) is 4.17. The lowest BCUT2D eigenvalue weighted by Crippen LogP contribution is -2.07. The van der Waals surface area contributed by atoms with Crippen molar-refractivity contribution in [3.05, 3.63) is 45.2 Å². The molecule has 2 aromatic rings. The van der Waals surface area contributed by atoms with Gasteiger partial charge >= 0.3 is 5.97 Å². The van der Waals surface area contributed by atoms with Gasteiger partial charge in [-0.1, -0.05) is 29.3 Å². The van der Waals surface area contributed by atoms with Gasteiger partial charge in [-0.2, -0.15) is 0 Å². The van der Waals surface area contributed by atoms with Gasteiger partial charge in [0.05, 0.1) is 11.3 Å². The number of aromatic nitrogens is 2. The molecule has 1 N–H and O–H groups in total. The van der Waals surface area contributed by atoms with E-state index in [2.05, 4.69) is 25.9 Å². The number of hydrogen-bond donors (Lipinski definition) is 1. The Morgan fingerprint density at radius 2 is 1.90 bits per heavy atom. The molecule has 0 spiro atoms. The van der Waals surface area contributed by atoms with Crippen LogP contribution in [-0.4, -0.2) is 21.0 Å². The summed E-state index contributed by atoms with van der Waals surface area (Å²) in [7, 11) is 0. The first-order valence-electron chi connectivity index (χ1n) is 6.80. The van der Waals surface area contributed by atoms with E-state index in [1.165, 1.54) is 6.20 Å². The van der Waals surface area contributed by atoms with Crippen LogP contribution in [0.4, 0.5) is 0 Å². The first-order valence-corrected chi connectivity index (χ1v) is 7.59. The largest absolute Gasteiger partial charge is 0.478 e. The molecule has 1 aromatic carbocycles. The monoisotopic (exact) mass is 348 g/mol. The average molecular weight is 349 g/mol. The van der Waals surface area contributed by atoms with Crippen molar-refractivity contribution in [1.82, 2.24) is 9.97 Å². The third-order valence-corrected chi connectivity index (χ3v) is 4.53. The number of aromatic carboxylic acids is 1. The van der Waals surface area contributed by atoms with E-state index in [0.29, 0.717) is 17.9 Å². The van der Waals surface area contributed by atoms with Gasteiger partial charge in [-0.15, -0.1) is 0 Å². The number of hydrogen-bond acceptors (Lipinski definition) is 3. The second-order valence-corrected chi connectivity index (χ2v) is 5.83. The van der Waals surface area contributed by atoms with Gasteiger partial charge in [0.1, 0.15) is 0 Å². The minimum atomic E-state index is -0.979. The molecule has 0 aliphatic heterocycles. The van der Waals surface area contributed by atoms with Crippen molar-refractivity contribution in [2.45, 2.75) is 33.6 Å². The van der Waals surface area contributed by atoms with Gasteiger partial charge in [0.2, 0.25) is 0 Å². The Balaban J connectivity index is 2.55. The van der Waals surface area contributed by atoms with Crippen LogP contribution in [0.5, 0.6) is 0 Å². The number of aryl methyl sites for hydroxylation is 3. The molecule has 4 nitrogen and oxygen atoms in total. The number of halogens is 1. The van der Waals surface area contributed by atoms with Gasteiger partial charge in [-0.05, 0) is 43.5 Å². The quantitative estimate of drug-likeness (QED) is 0.900. The minimum Gasteiger partial charge on any atom is -0.478 e. The third kappa shape index (κ3) is 3.29. The number of benzene rings is 1. The Hall–Kier alpha value is -1.75. The fraction of sp³-hybridized carbons (Fsp3) is 0.312. The SMILES string of the molecule is CCCc1nc(-c2cc(C)c(Br)c(C)c2)ncc1C(=O)O. The number of carboxylic acid groups (broad SMARTS) is 1. The summed E-state index contributed by atoms with van der Waals surface area (Å²) in [4.78, 5) is 19.9. The van der Waals surface area contributed by atoms with Crippen molar-refractivity contribution in [2.75, 3.05) is 0 Å². The summed E-state index contributed by atoms with van der Waals surface area (Å²) in [6.07, 6.45) is 2.88. The highest BCUT2D eigenvalue weighted by atomic mass is 79.9. The van der Waals surface area contributed by atoms with E-state index in [1.54, 1.807) is 0 Å². The molecule has 0 atom stereocenters. The van der Waals surface area contributed by atoms with Gasteiger partial charge in [0.15, 0.2) is 5.82 Å². The van der Waals surface area contributed by atoms with E-state index >= 15 is 0 Å². The van der Waals surface area contributed by atoms with Crippen LogP contribution in [-0.2, 0) is 6.42 Å². The number of rotatable bonds is 4. The maximum atomic E-state index is 11.2. The molecule has 21 heavy (non-hydrogen) atoms. The zero-order chi connectivity index (χ0) is 15.6. The molecule has 0 saturated carbocycles. The zero-order valence-electron chi connectivity index (χ0n) is 12.3. The van der Waals surface area contributed by atoms with Crippen molar-refractivity contribution < 1.29 is 9.90 Å². The highest BCUT2D eigenvalue weighted by molar-refractivity contribution is 9.10. The highest BCUT2D eigenvalue weighted by Crippen LogP contribution is 2.27. The second kappa shape index (κ2) is 6.35. The second-order valence-electron chi connectivity index (χ2n) is 5.03. The Labute approximate surface area is 132 Å². The molecular formula is C16H17BrN2O2. The molecule has 0 fully saturated rings. The van der Waals surface area contributed by atoms with Crippen LogP contribution < -0.4 is 0 Å². The van der Waals surface area contributed by atoms with E-state index < -0.39 is 5.97 Å². The van der Waals surface area contributed by atoms with E-state index in [4.69, 9.17) is 0 Å². The molecule has 1 aromatic heterocycles. The van der Waals surface area contributed by atoms with Crippen molar-refractivity contribution >= 4 is 21.9 Å². The van der Waals surface area contributed by atoms with Gasteiger partial charge < -0.3 is 5.11 Å². The third-order valence-electron chi connectivity index (χ3n) is 3.28. The Morgan fingerprint density at radius 3 is 2.43 bits per heavy atom. The average Bonchev–Trinajstić information content (AvgIpc) is 2.44. The van der Waals surface area contributed by atoms with Gasteiger partial charge in [-0.3, -0.25) is 0 Å². The molecule has 0 saturated heterocycles. The van der Waals surface area contributed by atoms with Crippen molar-refractivity contribution in [1.29, 1.82) is 0 Å². The molecule has 5 heteroatoms. The van der Waals surface area contributed by atoms with Crippen LogP contribution >= 0.6 is 15.9 Å². The summed E-state index contributed by atoms with van der Waals surface area (Å²) in [6, 6.07) is 4.01. The molecule has 0 radical (unpaired) electrons. The number of carbonyl (C=O) groups is 1. The molecule has 2 rings (SSSR count). The zero-order valence-corrected chi connectivity index (χ0v) is 13.9. The lowest BCUT2D eigenvalue weighted by atomic mass is 10.1. The van der Waals surface area contributed by atoms with Crippen LogP contribution in [0.3, 0.4) is 0 Å².